The van der Waals surface area contributed by atoms with Gasteiger partial charge in [-0.05, 0) is 30.7 Å². The lowest BCUT2D eigenvalue weighted by Crippen LogP contribution is -2.18. The van der Waals surface area contributed by atoms with Crippen molar-refractivity contribution < 1.29 is 9.18 Å². The predicted molar refractivity (Wildman–Crippen MR) is 95.1 cm³/mol. The van der Waals surface area contributed by atoms with Gasteiger partial charge in [-0.15, -0.1) is 11.8 Å². The van der Waals surface area contributed by atoms with Crippen molar-refractivity contribution in [3.8, 4) is 0 Å². The zero-order valence-electron chi connectivity index (χ0n) is 12.9. The Bertz CT molecular complexity index is 635. The fraction of sp³-hybridized carbons (Fsp3) is 0.188. The molecule has 0 saturated carbocycles. The summed E-state index contributed by atoms with van der Waals surface area (Å²) in [5, 5.41) is 3.79. The van der Waals surface area contributed by atoms with Gasteiger partial charge in [0.2, 0.25) is 6.41 Å². The number of rotatable bonds is 5. The topological polar surface area (TPSA) is 67.2 Å². The third-order valence-electron chi connectivity index (χ3n) is 3.02. The molecule has 1 amide bonds. The number of carbonyl (C=O) groups is 1. The summed E-state index contributed by atoms with van der Waals surface area (Å²) in [4.78, 5) is 9.89. The lowest BCUT2D eigenvalue weighted by Gasteiger charge is -2.12. The lowest BCUT2D eigenvalue weighted by atomic mass is 10.1. The van der Waals surface area contributed by atoms with Crippen LogP contribution in [0.1, 0.15) is 11.1 Å². The smallest absolute Gasteiger partial charge is 0.221 e. The van der Waals surface area contributed by atoms with Gasteiger partial charge in [-0.3, -0.25) is 10.2 Å². The zero-order valence-corrected chi connectivity index (χ0v) is 14.5. The Balaban J connectivity index is 0.000000593. The van der Waals surface area contributed by atoms with Crippen LogP contribution in [0.4, 0.5) is 10.1 Å². The Kier molecular flexibility index (Phi) is 8.47. The molecule has 0 unspecified atom stereocenters. The zero-order chi connectivity index (χ0) is 17.2. The molecule has 0 aliphatic carbocycles. The van der Waals surface area contributed by atoms with Crippen molar-refractivity contribution in [2.24, 2.45) is 5.84 Å². The number of amides is 1. The van der Waals surface area contributed by atoms with Gasteiger partial charge in [-0.1, -0.05) is 29.8 Å². The normalized spacial score (nSPS) is 9.61. The molecule has 0 aliphatic heterocycles. The van der Waals surface area contributed by atoms with E-state index in [1.54, 1.807) is 23.3 Å². The van der Waals surface area contributed by atoms with Crippen LogP contribution < -0.4 is 16.6 Å². The van der Waals surface area contributed by atoms with Crippen molar-refractivity contribution in [1.29, 1.82) is 0 Å². The molecule has 0 spiro atoms. The van der Waals surface area contributed by atoms with Crippen LogP contribution in [-0.2, 0) is 10.5 Å². The minimum absolute atomic E-state index is 0.162. The van der Waals surface area contributed by atoms with Crippen molar-refractivity contribution in [2.45, 2.75) is 17.6 Å². The highest BCUT2D eigenvalue weighted by Gasteiger charge is 2.10. The number of nitrogens with one attached hydrogen (secondary N) is 2. The molecule has 4 N–H and O–H groups in total. The Morgan fingerprint density at radius 2 is 1.96 bits per heavy atom. The second kappa shape index (κ2) is 10.1. The van der Waals surface area contributed by atoms with Gasteiger partial charge < -0.3 is 5.32 Å². The second-order valence-corrected chi connectivity index (χ2v) is 5.87. The maximum atomic E-state index is 13.8. The molecule has 2 aromatic rings. The predicted octanol–water partition coefficient (Wildman–Crippen LogP) is 3.73. The fourth-order valence-corrected chi connectivity index (χ4v) is 3.37. The van der Waals surface area contributed by atoms with Gasteiger partial charge in [0.05, 0.1) is 5.02 Å². The maximum absolute atomic E-state index is 13.8. The number of aryl methyl sites for hydroxylation is 1. The van der Waals surface area contributed by atoms with Crippen molar-refractivity contribution in [3.63, 3.8) is 0 Å². The number of anilines is 1. The highest BCUT2D eigenvalue weighted by molar-refractivity contribution is 7.98. The first-order chi connectivity index (χ1) is 11.0. The summed E-state index contributed by atoms with van der Waals surface area (Å²) >= 11 is 7.74. The molecule has 23 heavy (non-hydrogen) atoms. The van der Waals surface area contributed by atoms with Crippen LogP contribution in [0, 0.1) is 12.7 Å². The summed E-state index contributed by atoms with van der Waals surface area (Å²) in [5.41, 5.74) is 4.41. The van der Waals surface area contributed by atoms with Crippen LogP contribution in [0.15, 0.2) is 41.3 Å². The van der Waals surface area contributed by atoms with Gasteiger partial charge in [0.15, 0.2) is 0 Å². The number of hydrogen-bond donors (Lipinski definition) is 3. The summed E-state index contributed by atoms with van der Waals surface area (Å²) in [6, 6.07) is 10.8. The van der Waals surface area contributed by atoms with Gasteiger partial charge >= 0.3 is 0 Å². The molecule has 0 fully saturated rings. The van der Waals surface area contributed by atoms with E-state index in [0.717, 1.165) is 21.7 Å². The molecule has 4 nitrogen and oxygen atoms in total. The van der Waals surface area contributed by atoms with Gasteiger partial charge in [0.1, 0.15) is 5.82 Å². The minimum atomic E-state index is -0.162. The van der Waals surface area contributed by atoms with Gasteiger partial charge in [-0.25, -0.2) is 10.2 Å². The molecule has 124 valence electrons. The number of halogens is 2. The maximum Gasteiger partial charge on any atom is 0.221 e. The average molecular weight is 356 g/mol. The molecule has 2 aromatic carbocycles. The average Bonchev–Trinajstić information content (AvgIpc) is 2.55. The Hall–Kier alpha value is -1.76. The van der Waals surface area contributed by atoms with Gasteiger partial charge in [0.25, 0.3) is 0 Å². The molecular weight excluding hydrogens is 337 g/mol. The molecule has 0 bridgehead atoms. The standard InChI is InChI=1S/C15H15ClFNS.CH4N2O/c1-10-5-3-7-13(17)11(10)9-19-15-12(16)6-4-8-14(15)18-2;2-3-1-4/h3-8,18H,9H2,1-2H3;1H,2H2,(H,3,4). The van der Waals surface area contributed by atoms with E-state index in [0.29, 0.717) is 17.2 Å². The minimum Gasteiger partial charge on any atom is -0.387 e. The molecule has 2 rings (SSSR count). The van der Waals surface area contributed by atoms with Crippen LogP contribution >= 0.6 is 23.4 Å². The van der Waals surface area contributed by atoms with E-state index < -0.39 is 0 Å². The third kappa shape index (κ3) is 5.74. The number of nitrogens with two attached hydrogens (primary N) is 1. The monoisotopic (exact) mass is 355 g/mol. The van der Waals surface area contributed by atoms with Gasteiger partial charge in [0, 0.05) is 28.9 Å². The van der Waals surface area contributed by atoms with Crippen molar-refractivity contribution in [2.75, 3.05) is 12.4 Å². The first-order valence-corrected chi connectivity index (χ1v) is 8.14. The van der Waals surface area contributed by atoms with E-state index in [1.165, 1.54) is 6.07 Å². The number of thioether (sulfide) groups is 1. The first-order valence-electron chi connectivity index (χ1n) is 6.78. The van der Waals surface area contributed by atoms with Gasteiger partial charge in [-0.2, -0.15) is 0 Å². The number of hydrogen-bond acceptors (Lipinski definition) is 4. The molecule has 0 saturated heterocycles. The highest BCUT2D eigenvalue weighted by Crippen LogP contribution is 2.36. The number of carbonyl (C=O) groups excluding carboxylic acids is 1. The van der Waals surface area contributed by atoms with E-state index in [4.69, 9.17) is 16.4 Å². The molecule has 7 heteroatoms. The Morgan fingerprint density at radius 1 is 1.30 bits per heavy atom. The van der Waals surface area contributed by atoms with E-state index in [1.807, 2.05) is 38.2 Å². The summed E-state index contributed by atoms with van der Waals surface area (Å²) in [5.74, 6) is 4.81. The Labute approximate surface area is 144 Å². The Morgan fingerprint density at radius 3 is 2.52 bits per heavy atom. The summed E-state index contributed by atoms with van der Waals surface area (Å²) in [7, 11) is 1.85. The third-order valence-corrected chi connectivity index (χ3v) is 4.61. The lowest BCUT2D eigenvalue weighted by molar-refractivity contribution is -0.109. The van der Waals surface area contributed by atoms with Crippen molar-refractivity contribution in [1.82, 2.24) is 5.43 Å². The molecule has 0 atom stereocenters. The molecule has 0 heterocycles. The van der Waals surface area contributed by atoms with E-state index in [2.05, 4.69) is 11.2 Å². The van der Waals surface area contributed by atoms with Crippen molar-refractivity contribution >= 4 is 35.5 Å². The fourth-order valence-electron chi connectivity index (χ4n) is 1.85. The molecule has 0 aromatic heterocycles. The number of hydrazine groups is 1. The number of benzene rings is 2. The second-order valence-electron chi connectivity index (χ2n) is 4.48. The van der Waals surface area contributed by atoms with Crippen LogP contribution in [0.2, 0.25) is 5.02 Å². The first kappa shape index (κ1) is 19.3. The summed E-state index contributed by atoms with van der Waals surface area (Å²) < 4.78 is 13.8. The summed E-state index contributed by atoms with van der Waals surface area (Å²) in [6.07, 6.45) is 0.403. The van der Waals surface area contributed by atoms with E-state index in [9.17, 15) is 4.39 Å². The van der Waals surface area contributed by atoms with Crippen LogP contribution in [0.25, 0.3) is 0 Å². The van der Waals surface area contributed by atoms with E-state index in [-0.39, 0.29) is 5.82 Å². The molecule has 0 aliphatic rings. The van der Waals surface area contributed by atoms with Crippen molar-refractivity contribution in [3.05, 3.63) is 58.4 Å². The van der Waals surface area contributed by atoms with E-state index >= 15 is 0 Å². The van der Waals surface area contributed by atoms with Crippen LogP contribution in [0.5, 0.6) is 0 Å². The van der Waals surface area contributed by atoms with Crippen LogP contribution in [0.3, 0.4) is 0 Å². The largest absolute Gasteiger partial charge is 0.387 e. The van der Waals surface area contributed by atoms with Crippen LogP contribution in [-0.4, -0.2) is 13.5 Å². The SMILES string of the molecule is CNc1cccc(Cl)c1SCc1c(C)cccc1F.NNC=O. The molecular formula is C16H19ClFN3OS. The summed E-state index contributed by atoms with van der Waals surface area (Å²) in [6.45, 7) is 1.92. The highest BCUT2D eigenvalue weighted by atomic mass is 35.5. The quantitative estimate of drug-likeness (QED) is 0.251. The molecule has 0 radical (unpaired) electrons.